The summed E-state index contributed by atoms with van der Waals surface area (Å²) in [6.45, 7) is 4.30. The molecule has 2 N–H and O–H groups in total. The molecule has 1 saturated carbocycles. The van der Waals surface area contributed by atoms with Crippen LogP contribution < -0.4 is 10.8 Å². The van der Waals surface area contributed by atoms with Crippen molar-refractivity contribution in [1.82, 2.24) is 10.8 Å². The minimum Gasteiger partial charge on any atom is -0.349 e. The third-order valence-corrected chi connectivity index (χ3v) is 3.25. The molecule has 5 nitrogen and oxygen atoms in total. The Hall–Kier alpha value is -0.650. The highest BCUT2D eigenvalue weighted by Crippen LogP contribution is 2.29. The van der Waals surface area contributed by atoms with E-state index in [4.69, 9.17) is 9.57 Å². The summed E-state index contributed by atoms with van der Waals surface area (Å²) in [5.41, 5.74) is 2.92. The lowest BCUT2D eigenvalue weighted by molar-refractivity contribution is -0.218. The molecule has 2 rings (SSSR count). The van der Waals surface area contributed by atoms with Crippen LogP contribution in [0.5, 0.6) is 0 Å². The Morgan fingerprint density at radius 3 is 2.82 bits per heavy atom. The van der Waals surface area contributed by atoms with Crippen LogP contribution in [-0.4, -0.2) is 30.9 Å². The summed E-state index contributed by atoms with van der Waals surface area (Å²) in [6, 6.07) is 0.502. The molecular formula is C12H22N2O3. The van der Waals surface area contributed by atoms with Gasteiger partial charge in [-0.1, -0.05) is 13.8 Å². The summed E-state index contributed by atoms with van der Waals surface area (Å²) in [6.07, 6.45) is 3.67. The third-order valence-electron chi connectivity index (χ3n) is 3.25. The molecule has 1 saturated heterocycles. The van der Waals surface area contributed by atoms with Gasteiger partial charge in [0.15, 0.2) is 0 Å². The summed E-state index contributed by atoms with van der Waals surface area (Å²) in [5.74, 6) is -0.723. The van der Waals surface area contributed by atoms with E-state index in [9.17, 15) is 4.79 Å². The number of amides is 1. The highest BCUT2D eigenvalue weighted by Gasteiger charge is 2.49. The lowest BCUT2D eigenvalue weighted by Gasteiger charge is -2.23. The molecule has 0 radical (unpaired) electrons. The van der Waals surface area contributed by atoms with Crippen molar-refractivity contribution in [3.8, 4) is 0 Å². The minimum absolute atomic E-state index is 0.152. The van der Waals surface area contributed by atoms with Crippen LogP contribution in [-0.2, 0) is 14.4 Å². The van der Waals surface area contributed by atoms with E-state index < -0.39 is 5.79 Å². The quantitative estimate of drug-likeness (QED) is 0.753. The SMILES string of the molecule is COC1(C(=O)NC2CC2)C[C@H](CC(C)C)NO1. The van der Waals surface area contributed by atoms with Crippen LogP contribution in [0.3, 0.4) is 0 Å². The maximum Gasteiger partial charge on any atom is 0.282 e. The van der Waals surface area contributed by atoms with Crippen LogP contribution in [0, 0.1) is 5.92 Å². The largest absolute Gasteiger partial charge is 0.349 e. The maximum absolute atomic E-state index is 12.1. The molecule has 1 aliphatic heterocycles. The fraction of sp³-hybridized carbons (Fsp3) is 0.917. The first-order valence-corrected chi connectivity index (χ1v) is 6.35. The zero-order chi connectivity index (χ0) is 12.5. The molecule has 0 aromatic carbocycles. The van der Waals surface area contributed by atoms with E-state index in [1.807, 2.05) is 0 Å². The zero-order valence-corrected chi connectivity index (χ0v) is 10.8. The van der Waals surface area contributed by atoms with Gasteiger partial charge in [0.1, 0.15) is 0 Å². The van der Waals surface area contributed by atoms with E-state index in [1.165, 1.54) is 7.11 Å². The Labute approximate surface area is 102 Å². The molecule has 0 spiro atoms. The number of nitrogens with one attached hydrogen (secondary N) is 2. The van der Waals surface area contributed by atoms with E-state index >= 15 is 0 Å². The van der Waals surface area contributed by atoms with Gasteiger partial charge in [0, 0.05) is 25.6 Å². The number of carbonyl (C=O) groups excluding carboxylic acids is 1. The van der Waals surface area contributed by atoms with E-state index in [0.717, 1.165) is 19.3 Å². The van der Waals surface area contributed by atoms with Gasteiger partial charge in [0.25, 0.3) is 11.7 Å². The molecule has 0 aromatic heterocycles. The first-order valence-electron chi connectivity index (χ1n) is 6.35. The second-order valence-corrected chi connectivity index (χ2v) is 5.46. The topological polar surface area (TPSA) is 59.6 Å². The molecule has 2 fully saturated rings. The normalized spacial score (nSPS) is 33.1. The van der Waals surface area contributed by atoms with Crippen LogP contribution >= 0.6 is 0 Å². The van der Waals surface area contributed by atoms with Gasteiger partial charge in [-0.05, 0) is 25.2 Å². The zero-order valence-electron chi connectivity index (χ0n) is 10.8. The Morgan fingerprint density at radius 2 is 2.29 bits per heavy atom. The molecule has 1 aliphatic carbocycles. The van der Waals surface area contributed by atoms with Crippen LogP contribution in [0.15, 0.2) is 0 Å². The van der Waals surface area contributed by atoms with Crippen molar-refractivity contribution >= 4 is 5.91 Å². The van der Waals surface area contributed by atoms with Crippen molar-refractivity contribution in [2.24, 2.45) is 5.92 Å². The van der Waals surface area contributed by atoms with Crippen LogP contribution in [0.1, 0.15) is 39.5 Å². The number of methoxy groups -OCH3 is 1. The second kappa shape index (κ2) is 4.92. The molecular weight excluding hydrogens is 220 g/mol. The third kappa shape index (κ3) is 2.97. The average Bonchev–Trinajstić information content (AvgIpc) is 2.97. The molecule has 17 heavy (non-hydrogen) atoms. The number of carbonyl (C=O) groups is 1. The number of ether oxygens (including phenoxy) is 1. The lowest BCUT2D eigenvalue weighted by atomic mass is 9.98. The number of hydrogen-bond acceptors (Lipinski definition) is 4. The van der Waals surface area contributed by atoms with Gasteiger partial charge in [-0.25, -0.2) is 0 Å². The average molecular weight is 242 g/mol. The van der Waals surface area contributed by atoms with E-state index in [-0.39, 0.29) is 11.9 Å². The van der Waals surface area contributed by atoms with Crippen LogP contribution in [0.25, 0.3) is 0 Å². The fourth-order valence-corrected chi connectivity index (χ4v) is 2.17. The van der Waals surface area contributed by atoms with Gasteiger partial charge in [-0.3, -0.25) is 9.63 Å². The van der Waals surface area contributed by atoms with Crippen molar-refractivity contribution in [2.45, 2.75) is 57.4 Å². The first kappa shape index (κ1) is 12.8. The summed E-state index contributed by atoms with van der Waals surface area (Å²) >= 11 is 0. The predicted molar refractivity (Wildman–Crippen MR) is 63.0 cm³/mol. The Balaban J connectivity index is 1.93. The van der Waals surface area contributed by atoms with Crippen LogP contribution in [0.2, 0.25) is 0 Å². The highest BCUT2D eigenvalue weighted by atomic mass is 16.8. The lowest BCUT2D eigenvalue weighted by Crippen LogP contribution is -2.49. The highest BCUT2D eigenvalue weighted by molar-refractivity contribution is 5.84. The maximum atomic E-state index is 12.1. The number of hydroxylamine groups is 1. The summed E-state index contributed by atoms with van der Waals surface area (Å²) in [7, 11) is 1.52. The molecule has 2 atom stereocenters. The molecule has 0 bridgehead atoms. The van der Waals surface area contributed by atoms with Crippen LogP contribution in [0.4, 0.5) is 0 Å². The van der Waals surface area contributed by atoms with Crippen molar-refractivity contribution in [3.05, 3.63) is 0 Å². The minimum atomic E-state index is -1.14. The molecule has 1 heterocycles. The van der Waals surface area contributed by atoms with Crippen molar-refractivity contribution < 1.29 is 14.4 Å². The van der Waals surface area contributed by atoms with Gasteiger partial charge in [-0.2, -0.15) is 5.48 Å². The molecule has 2 aliphatic rings. The van der Waals surface area contributed by atoms with E-state index in [1.54, 1.807) is 0 Å². The number of hydrogen-bond donors (Lipinski definition) is 2. The first-order chi connectivity index (χ1) is 8.05. The van der Waals surface area contributed by atoms with Gasteiger partial charge >= 0.3 is 0 Å². The van der Waals surface area contributed by atoms with Crippen molar-refractivity contribution in [1.29, 1.82) is 0 Å². The van der Waals surface area contributed by atoms with Crippen molar-refractivity contribution in [2.75, 3.05) is 7.11 Å². The Morgan fingerprint density at radius 1 is 1.59 bits per heavy atom. The monoisotopic (exact) mass is 242 g/mol. The molecule has 98 valence electrons. The Kier molecular flexibility index (Phi) is 3.70. The summed E-state index contributed by atoms with van der Waals surface area (Å²) < 4.78 is 5.30. The molecule has 5 heteroatoms. The standard InChI is InChI=1S/C12H22N2O3/c1-8(2)6-10-7-12(16-3,17-14-10)11(15)13-9-4-5-9/h8-10,14H,4-7H2,1-3H3,(H,13,15)/t10-,12?/m0/s1. The second-order valence-electron chi connectivity index (χ2n) is 5.46. The van der Waals surface area contributed by atoms with Gasteiger partial charge in [-0.15, -0.1) is 0 Å². The predicted octanol–water partition coefficient (Wildman–Crippen LogP) is 0.947. The summed E-state index contributed by atoms with van der Waals surface area (Å²) in [5, 5.41) is 2.93. The molecule has 1 amide bonds. The smallest absolute Gasteiger partial charge is 0.282 e. The van der Waals surface area contributed by atoms with Crippen molar-refractivity contribution in [3.63, 3.8) is 0 Å². The van der Waals surface area contributed by atoms with Gasteiger partial charge in [0.05, 0.1) is 0 Å². The molecule has 0 aromatic rings. The fourth-order valence-electron chi connectivity index (χ4n) is 2.17. The number of rotatable bonds is 5. The van der Waals surface area contributed by atoms with E-state index in [2.05, 4.69) is 24.6 Å². The van der Waals surface area contributed by atoms with Gasteiger partial charge in [0.2, 0.25) is 0 Å². The Bertz CT molecular complexity index is 291. The molecule has 1 unspecified atom stereocenters. The van der Waals surface area contributed by atoms with E-state index in [0.29, 0.717) is 18.4 Å². The summed E-state index contributed by atoms with van der Waals surface area (Å²) in [4.78, 5) is 17.5. The van der Waals surface area contributed by atoms with Gasteiger partial charge < -0.3 is 10.1 Å².